The molecule has 2 N–H and O–H groups in total. The molecular weight excluding hydrogens is 226 g/mol. The van der Waals surface area contributed by atoms with Crippen molar-refractivity contribution in [2.24, 2.45) is 5.10 Å². The molecule has 7 heteroatoms. The van der Waals surface area contributed by atoms with Crippen molar-refractivity contribution >= 4 is 24.1 Å². The van der Waals surface area contributed by atoms with Crippen molar-refractivity contribution in [3.8, 4) is 0 Å². The third-order valence-corrected chi connectivity index (χ3v) is 1.75. The minimum absolute atomic E-state index is 0.249. The maximum absolute atomic E-state index is 11.5. The molecule has 1 aliphatic heterocycles. The monoisotopic (exact) mass is 237 g/mol. The summed E-state index contributed by atoms with van der Waals surface area (Å²) in [6, 6.07) is -0.725. The summed E-state index contributed by atoms with van der Waals surface area (Å²) in [5.41, 5.74) is 0. The number of carbonyl (C=O) groups is 3. The minimum atomic E-state index is -1.09. The van der Waals surface area contributed by atoms with Crippen LogP contribution in [0.2, 0.25) is 0 Å². The molecule has 1 rings (SSSR count). The highest BCUT2D eigenvalue weighted by atomic mass is 16.4. The van der Waals surface area contributed by atoms with E-state index in [1.165, 1.54) is 12.4 Å². The first-order valence-electron chi connectivity index (χ1n) is 4.82. The predicted molar refractivity (Wildman–Crippen MR) is 59.0 cm³/mol. The lowest BCUT2D eigenvalue weighted by atomic mass is 10.3. The van der Waals surface area contributed by atoms with Crippen molar-refractivity contribution in [3.63, 3.8) is 0 Å². The van der Waals surface area contributed by atoms with E-state index in [1.54, 1.807) is 18.2 Å². The van der Waals surface area contributed by atoms with Gasteiger partial charge in [0.15, 0.2) is 0 Å². The molecule has 3 amide bonds. The normalized spacial score (nSPS) is 13.3. The van der Waals surface area contributed by atoms with Crippen molar-refractivity contribution in [2.45, 2.75) is 12.8 Å². The lowest BCUT2D eigenvalue weighted by Gasteiger charge is -2.11. The van der Waals surface area contributed by atoms with E-state index in [-0.39, 0.29) is 12.8 Å². The van der Waals surface area contributed by atoms with Gasteiger partial charge in [-0.3, -0.25) is 14.9 Å². The molecule has 0 saturated heterocycles. The topological polar surface area (TPSA) is 99.1 Å². The van der Waals surface area contributed by atoms with Crippen molar-refractivity contribution in [2.75, 3.05) is 0 Å². The van der Waals surface area contributed by atoms with Crippen LogP contribution in [-0.4, -0.2) is 34.2 Å². The van der Waals surface area contributed by atoms with E-state index >= 15 is 0 Å². The van der Waals surface area contributed by atoms with Gasteiger partial charge in [0.25, 0.3) is 0 Å². The largest absolute Gasteiger partial charge is 0.481 e. The smallest absolute Gasteiger partial charge is 0.348 e. The first-order valence-corrected chi connectivity index (χ1v) is 4.82. The summed E-state index contributed by atoms with van der Waals surface area (Å²) < 4.78 is 0. The quantitative estimate of drug-likeness (QED) is 0.744. The number of carbonyl (C=O) groups excluding carboxylic acids is 2. The second-order valence-corrected chi connectivity index (χ2v) is 3.08. The lowest BCUT2D eigenvalue weighted by molar-refractivity contribution is -0.138. The number of aliphatic carboxylic acids is 1. The van der Waals surface area contributed by atoms with Gasteiger partial charge in [0, 0.05) is 18.8 Å². The summed E-state index contributed by atoms with van der Waals surface area (Å²) in [6.45, 7) is 0. The van der Waals surface area contributed by atoms with E-state index < -0.39 is 17.9 Å². The molecule has 0 atom stereocenters. The second-order valence-electron chi connectivity index (χ2n) is 3.08. The Kier molecular flexibility index (Phi) is 4.61. The highest BCUT2D eigenvalue weighted by Crippen LogP contribution is 1.97. The number of imide groups is 1. The average Bonchev–Trinajstić information content (AvgIpc) is 2.54. The Morgan fingerprint density at radius 1 is 1.18 bits per heavy atom. The summed E-state index contributed by atoms with van der Waals surface area (Å²) in [7, 11) is 0. The van der Waals surface area contributed by atoms with Gasteiger partial charge in [0.2, 0.25) is 5.91 Å². The molecule has 7 nitrogen and oxygen atoms in total. The van der Waals surface area contributed by atoms with Gasteiger partial charge in [-0.1, -0.05) is 6.08 Å². The van der Waals surface area contributed by atoms with Crippen LogP contribution in [0, 0.1) is 0 Å². The van der Waals surface area contributed by atoms with E-state index in [2.05, 4.69) is 5.10 Å². The zero-order chi connectivity index (χ0) is 12.7. The van der Waals surface area contributed by atoms with Crippen LogP contribution in [0.3, 0.4) is 0 Å². The van der Waals surface area contributed by atoms with Crippen LogP contribution in [0.4, 0.5) is 4.79 Å². The van der Waals surface area contributed by atoms with Crippen LogP contribution in [0.15, 0.2) is 29.5 Å². The van der Waals surface area contributed by atoms with E-state index in [1.807, 2.05) is 5.32 Å². The van der Waals surface area contributed by atoms with Gasteiger partial charge in [0.1, 0.15) is 0 Å². The first-order chi connectivity index (χ1) is 8.09. The van der Waals surface area contributed by atoms with Gasteiger partial charge in [-0.15, -0.1) is 0 Å². The number of carboxylic acids is 1. The summed E-state index contributed by atoms with van der Waals surface area (Å²) in [5, 5.41) is 15.1. The Labute approximate surface area is 97.1 Å². The van der Waals surface area contributed by atoms with E-state index in [0.29, 0.717) is 0 Å². The fraction of sp³-hybridized carbons (Fsp3) is 0.200. The number of rotatable bonds is 3. The number of hydrogen-bond donors (Lipinski definition) is 2. The number of urea groups is 1. The molecule has 0 aromatic heterocycles. The average molecular weight is 237 g/mol. The number of hydrogen-bond acceptors (Lipinski definition) is 4. The van der Waals surface area contributed by atoms with Crippen molar-refractivity contribution < 1.29 is 19.5 Å². The number of nitrogens with zero attached hydrogens (tertiary/aromatic N) is 2. The zero-order valence-corrected chi connectivity index (χ0v) is 8.87. The van der Waals surface area contributed by atoms with Gasteiger partial charge in [0.05, 0.1) is 6.42 Å². The number of carboxylic acid groups (broad SMARTS) is 1. The Morgan fingerprint density at radius 2 is 1.94 bits per heavy atom. The molecule has 0 unspecified atom stereocenters. The molecule has 0 aromatic carbocycles. The highest BCUT2D eigenvalue weighted by molar-refractivity contribution is 5.95. The number of amides is 3. The van der Waals surface area contributed by atoms with Crippen molar-refractivity contribution in [1.29, 1.82) is 0 Å². The fourth-order valence-electron chi connectivity index (χ4n) is 0.973. The van der Waals surface area contributed by atoms with E-state index in [0.717, 1.165) is 5.01 Å². The molecule has 0 bridgehead atoms. The predicted octanol–water partition coefficient (Wildman–Crippen LogP) is 0.459. The molecule has 0 saturated carbocycles. The Bertz CT molecular complexity index is 396. The van der Waals surface area contributed by atoms with Crippen LogP contribution in [-0.2, 0) is 9.59 Å². The summed E-state index contributed by atoms with van der Waals surface area (Å²) in [6.07, 6.45) is 7.06. The number of allylic oxidation sites excluding steroid dienone is 3. The molecule has 90 valence electrons. The van der Waals surface area contributed by atoms with Gasteiger partial charge in [-0.2, -0.15) is 10.1 Å². The Balaban J connectivity index is 2.43. The minimum Gasteiger partial charge on any atom is -0.481 e. The lowest BCUT2D eigenvalue weighted by Crippen LogP contribution is -2.37. The SMILES string of the molecule is O=C(O)CCC(=O)NC(=O)N1C=CC=CC=N1. The van der Waals surface area contributed by atoms with Gasteiger partial charge >= 0.3 is 12.0 Å². The number of hydrazone groups is 1. The van der Waals surface area contributed by atoms with Crippen LogP contribution < -0.4 is 5.32 Å². The van der Waals surface area contributed by atoms with Crippen LogP contribution >= 0.6 is 0 Å². The third kappa shape index (κ3) is 4.74. The summed E-state index contributed by atoms with van der Waals surface area (Å²) in [5.74, 6) is -1.75. The molecule has 0 aromatic rings. The van der Waals surface area contributed by atoms with Crippen molar-refractivity contribution in [1.82, 2.24) is 10.3 Å². The van der Waals surface area contributed by atoms with E-state index in [9.17, 15) is 14.4 Å². The second kappa shape index (κ2) is 6.21. The standard InChI is InChI=1S/C10H11N3O4/c14-8(4-5-9(15)16)12-10(17)13-7-3-1-2-6-11-13/h1-3,6-7H,4-5H2,(H,15,16)(H,12,14,17). The molecule has 17 heavy (non-hydrogen) atoms. The number of nitrogens with one attached hydrogen (secondary N) is 1. The maximum atomic E-state index is 11.5. The van der Waals surface area contributed by atoms with Gasteiger partial charge in [-0.25, -0.2) is 4.79 Å². The van der Waals surface area contributed by atoms with Gasteiger partial charge < -0.3 is 5.11 Å². The molecule has 0 radical (unpaired) electrons. The first kappa shape index (κ1) is 12.6. The van der Waals surface area contributed by atoms with Crippen LogP contribution in [0.1, 0.15) is 12.8 Å². The molecule has 1 heterocycles. The zero-order valence-electron chi connectivity index (χ0n) is 8.87. The molecule has 0 fully saturated rings. The highest BCUT2D eigenvalue weighted by Gasteiger charge is 2.14. The molecule has 0 aliphatic carbocycles. The fourth-order valence-corrected chi connectivity index (χ4v) is 0.973. The van der Waals surface area contributed by atoms with Crippen LogP contribution in [0.5, 0.6) is 0 Å². The Hall–Kier alpha value is -2.44. The molecule has 0 spiro atoms. The molecule has 1 aliphatic rings. The summed E-state index contributed by atoms with van der Waals surface area (Å²) >= 11 is 0. The van der Waals surface area contributed by atoms with Crippen molar-refractivity contribution in [3.05, 3.63) is 24.4 Å². The Morgan fingerprint density at radius 3 is 2.65 bits per heavy atom. The maximum Gasteiger partial charge on any atom is 0.348 e. The van der Waals surface area contributed by atoms with Crippen LogP contribution in [0.25, 0.3) is 0 Å². The molecular formula is C10H11N3O4. The third-order valence-electron chi connectivity index (χ3n) is 1.75. The summed E-state index contributed by atoms with van der Waals surface area (Å²) in [4.78, 5) is 32.9. The van der Waals surface area contributed by atoms with Gasteiger partial charge in [-0.05, 0) is 12.2 Å². The van der Waals surface area contributed by atoms with E-state index in [4.69, 9.17) is 5.11 Å².